The van der Waals surface area contributed by atoms with Gasteiger partial charge in [0.05, 0.1) is 20.9 Å². The average molecular weight is 413 g/mol. The van der Waals surface area contributed by atoms with Gasteiger partial charge in [-0.05, 0) is 41.2 Å². The molecule has 0 bridgehead atoms. The molecule has 0 atom stereocenters. The van der Waals surface area contributed by atoms with Crippen LogP contribution in [0.4, 0.5) is 11.4 Å². The van der Waals surface area contributed by atoms with Crippen molar-refractivity contribution in [3.63, 3.8) is 0 Å². The summed E-state index contributed by atoms with van der Waals surface area (Å²) in [5, 5.41) is 12.0. The van der Waals surface area contributed by atoms with Gasteiger partial charge in [0.2, 0.25) is 9.84 Å². The van der Waals surface area contributed by atoms with E-state index in [2.05, 4.69) is 4.98 Å². The number of hydrogen-bond donors (Lipinski definition) is 1. The highest BCUT2D eigenvalue weighted by Gasteiger charge is 2.35. The van der Waals surface area contributed by atoms with E-state index < -0.39 is 25.3 Å². The number of pyridine rings is 1. The van der Waals surface area contributed by atoms with Crippen molar-refractivity contribution in [3.05, 3.63) is 63.8 Å². The number of fused-ring (bicyclic) bond motifs is 1. The van der Waals surface area contributed by atoms with Gasteiger partial charge in [-0.2, -0.15) is 0 Å². The largest absolute Gasteiger partial charge is 0.397 e. The Balaban J connectivity index is 2.49. The SMILES string of the molecule is CC(C)c1cccc(C(C)C)c1S(=O)(=O)c1cc(N)c2ncccc2c1[N+](=O)[O-]. The molecule has 7 nitrogen and oxygen atoms in total. The van der Waals surface area contributed by atoms with Gasteiger partial charge in [-0.25, -0.2) is 8.42 Å². The molecule has 2 N–H and O–H groups in total. The van der Waals surface area contributed by atoms with Crippen LogP contribution in [0.1, 0.15) is 50.7 Å². The quantitative estimate of drug-likeness (QED) is 0.365. The molecule has 0 fully saturated rings. The van der Waals surface area contributed by atoms with Gasteiger partial charge in [-0.15, -0.1) is 0 Å². The van der Waals surface area contributed by atoms with Gasteiger partial charge in [0.25, 0.3) is 5.69 Å². The molecular formula is C21H23N3O4S. The number of nitrogens with zero attached hydrogens (tertiary/aromatic N) is 2. The molecule has 1 heterocycles. The Hall–Kier alpha value is -3.00. The van der Waals surface area contributed by atoms with Gasteiger partial charge in [-0.3, -0.25) is 15.1 Å². The van der Waals surface area contributed by atoms with Crippen LogP contribution in [0.15, 0.2) is 52.4 Å². The lowest BCUT2D eigenvalue weighted by Crippen LogP contribution is -2.14. The Kier molecular flexibility index (Phi) is 5.32. The Morgan fingerprint density at radius 1 is 1.03 bits per heavy atom. The fourth-order valence-electron chi connectivity index (χ4n) is 3.53. The fraction of sp³-hybridized carbons (Fsp3) is 0.286. The molecule has 0 aliphatic heterocycles. The molecule has 0 spiro atoms. The molecule has 0 saturated heterocycles. The maximum atomic E-state index is 13.8. The van der Waals surface area contributed by atoms with Crippen molar-refractivity contribution in [1.82, 2.24) is 4.98 Å². The zero-order valence-corrected chi connectivity index (χ0v) is 17.5. The van der Waals surface area contributed by atoms with E-state index in [4.69, 9.17) is 5.73 Å². The van der Waals surface area contributed by atoms with Gasteiger partial charge in [-0.1, -0.05) is 45.9 Å². The molecule has 0 radical (unpaired) electrons. The smallest absolute Gasteiger partial charge is 0.297 e. The topological polar surface area (TPSA) is 116 Å². The summed E-state index contributed by atoms with van der Waals surface area (Å²) >= 11 is 0. The Bertz CT molecular complexity index is 1190. The molecule has 0 saturated carbocycles. The maximum absolute atomic E-state index is 13.8. The predicted molar refractivity (Wildman–Crippen MR) is 113 cm³/mol. The van der Waals surface area contributed by atoms with Crippen LogP contribution >= 0.6 is 0 Å². The van der Waals surface area contributed by atoms with Crippen LogP contribution in [-0.2, 0) is 9.84 Å². The summed E-state index contributed by atoms with van der Waals surface area (Å²) in [7, 11) is -4.23. The van der Waals surface area contributed by atoms with Crippen LogP contribution in [-0.4, -0.2) is 18.3 Å². The van der Waals surface area contributed by atoms with Crippen molar-refractivity contribution >= 4 is 32.1 Å². The lowest BCUT2D eigenvalue weighted by Gasteiger charge is -2.20. The highest BCUT2D eigenvalue weighted by molar-refractivity contribution is 7.91. The van der Waals surface area contributed by atoms with Crippen molar-refractivity contribution in [2.75, 3.05) is 5.73 Å². The summed E-state index contributed by atoms with van der Waals surface area (Å²) in [5.41, 5.74) is 7.07. The van der Waals surface area contributed by atoms with Crippen LogP contribution < -0.4 is 5.73 Å². The van der Waals surface area contributed by atoms with Gasteiger partial charge < -0.3 is 5.73 Å². The Morgan fingerprint density at radius 3 is 2.14 bits per heavy atom. The molecule has 29 heavy (non-hydrogen) atoms. The van der Waals surface area contributed by atoms with E-state index in [1.807, 2.05) is 33.8 Å². The first kappa shape index (κ1) is 20.7. The molecule has 0 aliphatic carbocycles. The number of nitrogens with two attached hydrogens (primary N) is 1. The molecule has 3 rings (SSSR count). The third-order valence-electron chi connectivity index (χ3n) is 4.92. The minimum atomic E-state index is -4.23. The van der Waals surface area contributed by atoms with Crippen molar-refractivity contribution < 1.29 is 13.3 Å². The van der Waals surface area contributed by atoms with E-state index in [-0.39, 0.29) is 33.3 Å². The third-order valence-corrected chi connectivity index (χ3v) is 6.82. The number of rotatable bonds is 5. The first-order valence-corrected chi connectivity index (χ1v) is 10.7. The molecule has 1 aromatic heterocycles. The van der Waals surface area contributed by atoms with Gasteiger partial charge in [0.1, 0.15) is 5.52 Å². The number of sulfone groups is 1. The van der Waals surface area contributed by atoms with E-state index in [9.17, 15) is 18.5 Å². The number of aromatic nitrogens is 1. The van der Waals surface area contributed by atoms with Crippen LogP contribution in [0.25, 0.3) is 10.9 Å². The number of nitro benzene ring substituents is 1. The minimum Gasteiger partial charge on any atom is -0.397 e. The second-order valence-electron chi connectivity index (χ2n) is 7.55. The highest BCUT2D eigenvalue weighted by Crippen LogP contribution is 2.41. The molecule has 2 aromatic carbocycles. The zero-order chi connectivity index (χ0) is 21.5. The number of benzene rings is 2. The van der Waals surface area contributed by atoms with Crippen molar-refractivity contribution in [2.45, 2.75) is 49.3 Å². The predicted octanol–water partition coefficient (Wildman–Crippen LogP) is 4.80. The molecule has 0 aliphatic rings. The Labute approximate surface area is 169 Å². The number of nitrogen functional groups attached to an aromatic ring is 1. The van der Waals surface area contributed by atoms with E-state index >= 15 is 0 Å². The summed E-state index contributed by atoms with van der Waals surface area (Å²) in [6.45, 7) is 7.58. The van der Waals surface area contributed by atoms with Crippen LogP contribution in [0.5, 0.6) is 0 Å². The summed E-state index contributed by atoms with van der Waals surface area (Å²) in [6, 6.07) is 9.46. The van der Waals surface area contributed by atoms with Gasteiger partial charge in [0.15, 0.2) is 4.90 Å². The van der Waals surface area contributed by atoms with Crippen molar-refractivity contribution in [3.8, 4) is 0 Å². The van der Waals surface area contributed by atoms with E-state index in [1.165, 1.54) is 18.3 Å². The summed E-state index contributed by atoms with van der Waals surface area (Å²) in [6.07, 6.45) is 1.46. The molecule has 0 unspecified atom stereocenters. The first-order chi connectivity index (χ1) is 13.6. The minimum absolute atomic E-state index is 0.0814. The van der Waals surface area contributed by atoms with E-state index in [0.717, 1.165) is 6.07 Å². The van der Waals surface area contributed by atoms with Gasteiger partial charge in [0, 0.05) is 6.20 Å². The number of anilines is 1. The fourth-order valence-corrected chi connectivity index (χ4v) is 5.70. The van der Waals surface area contributed by atoms with Crippen LogP contribution in [0.2, 0.25) is 0 Å². The lowest BCUT2D eigenvalue weighted by atomic mass is 9.95. The van der Waals surface area contributed by atoms with Gasteiger partial charge >= 0.3 is 0 Å². The highest BCUT2D eigenvalue weighted by atomic mass is 32.2. The second-order valence-corrected chi connectivity index (χ2v) is 9.40. The summed E-state index contributed by atoms with van der Waals surface area (Å²) < 4.78 is 27.7. The van der Waals surface area contributed by atoms with Crippen LogP contribution in [0, 0.1) is 10.1 Å². The van der Waals surface area contributed by atoms with E-state index in [0.29, 0.717) is 11.1 Å². The normalized spacial score (nSPS) is 12.1. The maximum Gasteiger partial charge on any atom is 0.297 e. The first-order valence-electron chi connectivity index (χ1n) is 9.26. The molecule has 0 amide bonds. The second kappa shape index (κ2) is 7.44. The van der Waals surface area contributed by atoms with Crippen molar-refractivity contribution in [1.29, 1.82) is 0 Å². The third kappa shape index (κ3) is 3.44. The molecule has 8 heteroatoms. The average Bonchev–Trinajstić information content (AvgIpc) is 2.66. The Morgan fingerprint density at radius 2 is 1.62 bits per heavy atom. The molecule has 3 aromatic rings. The summed E-state index contributed by atoms with van der Waals surface area (Å²) in [5.74, 6) is -0.172. The standard InChI is InChI=1S/C21H23N3O4S/c1-12(2)14-7-5-8-15(13(3)4)21(14)29(27,28)18-11-17(22)19-16(9-6-10-23-19)20(18)24(25)26/h5-13H,22H2,1-4H3. The van der Waals surface area contributed by atoms with Crippen LogP contribution in [0.3, 0.4) is 0 Å². The number of nitro groups is 1. The monoisotopic (exact) mass is 413 g/mol. The summed E-state index contributed by atoms with van der Waals surface area (Å²) in [4.78, 5) is 15.1. The zero-order valence-electron chi connectivity index (χ0n) is 16.7. The number of hydrogen-bond acceptors (Lipinski definition) is 6. The molecular weight excluding hydrogens is 390 g/mol. The van der Waals surface area contributed by atoms with Crippen molar-refractivity contribution in [2.24, 2.45) is 0 Å². The lowest BCUT2D eigenvalue weighted by molar-refractivity contribution is -0.386. The molecule has 152 valence electrons. The van der Waals surface area contributed by atoms with E-state index in [1.54, 1.807) is 12.1 Å².